The van der Waals surface area contributed by atoms with Crippen LogP contribution in [0, 0.1) is 26.6 Å². The Balaban J connectivity index is 2.45. The molecule has 0 aliphatic heterocycles. The van der Waals surface area contributed by atoms with Gasteiger partial charge in [-0.25, -0.2) is 4.39 Å². The van der Waals surface area contributed by atoms with Crippen LogP contribution in [0.25, 0.3) is 0 Å². The van der Waals surface area contributed by atoms with Gasteiger partial charge in [0.2, 0.25) is 0 Å². The van der Waals surface area contributed by atoms with Gasteiger partial charge in [0.25, 0.3) is 0 Å². The predicted octanol–water partition coefficient (Wildman–Crippen LogP) is 4.78. The maximum Gasteiger partial charge on any atom is 0.150 e. The Bertz CT molecular complexity index is 617. The Morgan fingerprint density at radius 1 is 1.00 bits per heavy atom. The summed E-state index contributed by atoms with van der Waals surface area (Å²) >= 11 is 5.97. The van der Waals surface area contributed by atoms with Gasteiger partial charge in [0.1, 0.15) is 11.6 Å². The molecule has 2 nitrogen and oxygen atoms in total. The molecule has 0 spiro atoms. The number of rotatable bonds is 2. The third-order valence-electron chi connectivity index (χ3n) is 2.93. The average molecular weight is 280 g/mol. The van der Waals surface area contributed by atoms with Crippen molar-refractivity contribution in [3.63, 3.8) is 0 Å². The fourth-order valence-electron chi connectivity index (χ4n) is 1.93. The second-order valence-electron chi connectivity index (χ2n) is 4.61. The molecule has 2 N–H and O–H groups in total. The van der Waals surface area contributed by atoms with Crippen LogP contribution < -0.4 is 10.5 Å². The highest BCUT2D eigenvalue weighted by atomic mass is 35.5. The van der Waals surface area contributed by atoms with Gasteiger partial charge in [-0.05, 0) is 55.7 Å². The maximum atomic E-state index is 13.4. The zero-order valence-electron chi connectivity index (χ0n) is 11.1. The minimum Gasteiger partial charge on any atom is -0.455 e. The van der Waals surface area contributed by atoms with Crippen LogP contribution in [0.3, 0.4) is 0 Å². The first-order valence-corrected chi connectivity index (χ1v) is 6.26. The highest BCUT2D eigenvalue weighted by Crippen LogP contribution is 2.35. The van der Waals surface area contributed by atoms with Crippen molar-refractivity contribution in [3.8, 4) is 11.5 Å². The van der Waals surface area contributed by atoms with Gasteiger partial charge >= 0.3 is 0 Å². The molecule has 0 aromatic heterocycles. The van der Waals surface area contributed by atoms with Crippen molar-refractivity contribution >= 4 is 17.3 Å². The largest absolute Gasteiger partial charge is 0.455 e. The van der Waals surface area contributed by atoms with Crippen molar-refractivity contribution < 1.29 is 9.13 Å². The zero-order valence-corrected chi connectivity index (χ0v) is 11.8. The summed E-state index contributed by atoms with van der Waals surface area (Å²) in [5, 5.41) is 0.658. The van der Waals surface area contributed by atoms with Crippen molar-refractivity contribution in [3.05, 3.63) is 51.8 Å². The minimum atomic E-state index is -0.339. The van der Waals surface area contributed by atoms with Gasteiger partial charge in [-0.1, -0.05) is 11.6 Å². The lowest BCUT2D eigenvalue weighted by atomic mass is 10.1. The Morgan fingerprint density at radius 2 is 1.58 bits per heavy atom. The monoisotopic (exact) mass is 279 g/mol. The van der Waals surface area contributed by atoms with E-state index in [0.717, 1.165) is 11.1 Å². The normalized spacial score (nSPS) is 10.6. The number of aryl methyl sites for hydroxylation is 3. The van der Waals surface area contributed by atoms with Crippen LogP contribution in [-0.2, 0) is 0 Å². The van der Waals surface area contributed by atoms with E-state index in [0.29, 0.717) is 22.1 Å². The number of halogens is 2. The molecule has 0 heterocycles. The number of anilines is 1. The van der Waals surface area contributed by atoms with Gasteiger partial charge in [0.15, 0.2) is 5.75 Å². The van der Waals surface area contributed by atoms with Gasteiger partial charge in [0.05, 0.1) is 5.69 Å². The highest BCUT2D eigenvalue weighted by Gasteiger charge is 2.11. The lowest BCUT2D eigenvalue weighted by Gasteiger charge is -2.14. The molecule has 0 saturated heterocycles. The van der Waals surface area contributed by atoms with Crippen molar-refractivity contribution in [2.45, 2.75) is 20.8 Å². The van der Waals surface area contributed by atoms with E-state index in [-0.39, 0.29) is 11.5 Å². The molecular formula is C15H15ClFNO. The van der Waals surface area contributed by atoms with Crippen LogP contribution >= 0.6 is 11.6 Å². The van der Waals surface area contributed by atoms with Crippen LogP contribution in [0.1, 0.15) is 16.7 Å². The lowest BCUT2D eigenvalue weighted by Crippen LogP contribution is -1.97. The molecular weight excluding hydrogens is 265 g/mol. The fraction of sp³-hybridized carbons (Fsp3) is 0.200. The number of hydrogen-bond donors (Lipinski definition) is 1. The van der Waals surface area contributed by atoms with Crippen LogP contribution in [0.4, 0.5) is 10.1 Å². The first kappa shape index (κ1) is 13.7. The van der Waals surface area contributed by atoms with Crippen molar-refractivity contribution in [2.75, 3.05) is 5.73 Å². The standard InChI is InChI=1S/C15H15ClFNO/c1-8-6-14(13(18)7-12(8)17)19-15-9(2)4-11(16)5-10(15)3/h4-7H,18H2,1-3H3. The number of nitrogen functional groups attached to an aromatic ring is 1. The number of hydrogen-bond acceptors (Lipinski definition) is 2. The Hall–Kier alpha value is -1.74. The molecule has 2 aromatic rings. The Kier molecular flexibility index (Phi) is 3.67. The molecule has 2 aromatic carbocycles. The van der Waals surface area contributed by atoms with Crippen molar-refractivity contribution in [1.29, 1.82) is 0 Å². The summed E-state index contributed by atoms with van der Waals surface area (Å²) in [6.07, 6.45) is 0. The third kappa shape index (κ3) is 2.82. The molecule has 0 bridgehead atoms. The summed E-state index contributed by atoms with van der Waals surface area (Å²) in [7, 11) is 0. The second-order valence-corrected chi connectivity index (χ2v) is 5.05. The summed E-state index contributed by atoms with van der Waals surface area (Å²) in [6, 6.07) is 6.50. The first-order valence-electron chi connectivity index (χ1n) is 5.88. The van der Waals surface area contributed by atoms with Gasteiger partial charge in [-0.15, -0.1) is 0 Å². The smallest absolute Gasteiger partial charge is 0.150 e. The van der Waals surface area contributed by atoms with Crippen LogP contribution in [0.2, 0.25) is 5.02 Å². The lowest BCUT2D eigenvalue weighted by molar-refractivity contribution is 0.475. The van der Waals surface area contributed by atoms with E-state index >= 15 is 0 Å². The summed E-state index contributed by atoms with van der Waals surface area (Å²) in [5.74, 6) is 0.809. The van der Waals surface area contributed by atoms with E-state index in [4.69, 9.17) is 22.1 Å². The minimum absolute atomic E-state index is 0.275. The van der Waals surface area contributed by atoms with Gasteiger partial charge in [0, 0.05) is 11.1 Å². The molecule has 0 amide bonds. The molecule has 0 radical (unpaired) electrons. The Labute approximate surface area is 117 Å². The van der Waals surface area contributed by atoms with Gasteiger partial charge < -0.3 is 10.5 Å². The summed E-state index contributed by atoms with van der Waals surface area (Å²) < 4.78 is 19.2. The number of nitrogens with two attached hydrogens (primary N) is 1. The van der Waals surface area contributed by atoms with Gasteiger partial charge in [-0.3, -0.25) is 0 Å². The SMILES string of the molecule is Cc1cc(Oc2c(C)cc(Cl)cc2C)c(N)cc1F. The zero-order chi connectivity index (χ0) is 14.2. The summed E-state index contributed by atoms with van der Waals surface area (Å²) in [6.45, 7) is 5.48. The molecule has 0 saturated carbocycles. The summed E-state index contributed by atoms with van der Waals surface area (Å²) in [5.41, 5.74) is 8.36. The highest BCUT2D eigenvalue weighted by molar-refractivity contribution is 6.30. The molecule has 0 aliphatic carbocycles. The molecule has 0 aliphatic rings. The molecule has 2 rings (SSSR count). The summed E-state index contributed by atoms with van der Waals surface area (Å²) in [4.78, 5) is 0. The van der Waals surface area contributed by atoms with Crippen LogP contribution in [-0.4, -0.2) is 0 Å². The van der Waals surface area contributed by atoms with E-state index in [1.165, 1.54) is 6.07 Å². The molecule has 19 heavy (non-hydrogen) atoms. The van der Waals surface area contributed by atoms with Crippen LogP contribution in [0.15, 0.2) is 24.3 Å². The average Bonchev–Trinajstić information content (AvgIpc) is 2.29. The van der Waals surface area contributed by atoms with Crippen LogP contribution in [0.5, 0.6) is 11.5 Å². The second kappa shape index (κ2) is 5.10. The quantitative estimate of drug-likeness (QED) is 0.803. The van der Waals surface area contributed by atoms with E-state index in [1.54, 1.807) is 13.0 Å². The molecule has 0 fully saturated rings. The molecule has 100 valence electrons. The van der Waals surface area contributed by atoms with Gasteiger partial charge in [-0.2, -0.15) is 0 Å². The number of benzene rings is 2. The molecule has 4 heteroatoms. The third-order valence-corrected chi connectivity index (χ3v) is 3.15. The van der Waals surface area contributed by atoms with E-state index in [1.807, 2.05) is 26.0 Å². The van der Waals surface area contributed by atoms with Crippen molar-refractivity contribution in [1.82, 2.24) is 0 Å². The number of ether oxygens (including phenoxy) is 1. The van der Waals surface area contributed by atoms with E-state index in [2.05, 4.69) is 0 Å². The molecule has 0 unspecified atom stereocenters. The van der Waals surface area contributed by atoms with Crippen molar-refractivity contribution in [2.24, 2.45) is 0 Å². The van der Waals surface area contributed by atoms with E-state index < -0.39 is 0 Å². The first-order chi connectivity index (χ1) is 8.88. The predicted molar refractivity (Wildman–Crippen MR) is 76.5 cm³/mol. The van der Waals surface area contributed by atoms with E-state index in [9.17, 15) is 4.39 Å². The molecule has 0 atom stereocenters. The Morgan fingerprint density at radius 3 is 2.16 bits per heavy atom. The fourth-order valence-corrected chi connectivity index (χ4v) is 2.25. The maximum absolute atomic E-state index is 13.4. The topological polar surface area (TPSA) is 35.2 Å².